The maximum absolute atomic E-state index is 12.3. The van der Waals surface area contributed by atoms with Crippen molar-refractivity contribution in [2.45, 2.75) is 45.1 Å². The molecule has 0 bridgehead atoms. The molecule has 0 heterocycles. The second-order valence-corrected chi connectivity index (χ2v) is 6.81. The minimum Gasteiger partial charge on any atom is -0.497 e. The number of esters is 1. The number of carbonyl (C=O) groups excluding carboxylic acids is 2. The van der Waals surface area contributed by atoms with Crippen LogP contribution in [0.5, 0.6) is 5.75 Å². The summed E-state index contributed by atoms with van der Waals surface area (Å²) in [5, 5.41) is 2.83. The zero-order valence-electron chi connectivity index (χ0n) is 15.8. The molecular formula is C22H25NO4. The van der Waals surface area contributed by atoms with Crippen molar-refractivity contribution < 1.29 is 19.1 Å². The van der Waals surface area contributed by atoms with Crippen LogP contribution in [-0.4, -0.2) is 25.1 Å². The smallest absolute Gasteiger partial charge is 0.306 e. The van der Waals surface area contributed by atoms with Crippen LogP contribution < -0.4 is 10.1 Å². The topological polar surface area (TPSA) is 64.6 Å². The van der Waals surface area contributed by atoms with Crippen LogP contribution in [-0.2, 0) is 33.6 Å². The minimum atomic E-state index is -0.832. The monoisotopic (exact) mass is 367 g/mol. The van der Waals surface area contributed by atoms with Crippen molar-refractivity contribution in [3.63, 3.8) is 0 Å². The number of amides is 1. The van der Waals surface area contributed by atoms with Crippen LogP contribution in [0, 0.1) is 0 Å². The highest BCUT2D eigenvalue weighted by Crippen LogP contribution is 2.25. The predicted molar refractivity (Wildman–Crippen MR) is 104 cm³/mol. The van der Waals surface area contributed by atoms with Crippen molar-refractivity contribution >= 4 is 17.6 Å². The van der Waals surface area contributed by atoms with Gasteiger partial charge >= 0.3 is 5.97 Å². The summed E-state index contributed by atoms with van der Waals surface area (Å²) in [7, 11) is 1.61. The predicted octanol–water partition coefficient (Wildman–Crippen LogP) is 3.69. The molecule has 2 aromatic rings. The number of nitrogens with one attached hydrogen (secondary N) is 1. The Balaban J connectivity index is 1.46. The second kappa shape index (κ2) is 8.71. The zero-order chi connectivity index (χ0) is 19.2. The third-order valence-electron chi connectivity index (χ3n) is 4.82. The highest BCUT2D eigenvalue weighted by molar-refractivity contribution is 5.95. The molecule has 1 N–H and O–H groups in total. The summed E-state index contributed by atoms with van der Waals surface area (Å²) < 4.78 is 10.4. The first-order valence-corrected chi connectivity index (χ1v) is 9.30. The van der Waals surface area contributed by atoms with E-state index in [1.54, 1.807) is 14.0 Å². The van der Waals surface area contributed by atoms with Crippen molar-refractivity contribution in [1.82, 2.24) is 0 Å². The Morgan fingerprint density at radius 3 is 2.56 bits per heavy atom. The molecule has 1 amide bonds. The summed E-state index contributed by atoms with van der Waals surface area (Å²) in [6, 6.07) is 13.5. The summed E-state index contributed by atoms with van der Waals surface area (Å²) in [6.45, 7) is 1.59. The van der Waals surface area contributed by atoms with E-state index >= 15 is 0 Å². The standard InChI is InChI=1S/C22H25NO4/c1-15(22(25)23-19-10-9-17-4-3-5-18(17)14-19)27-21(24)13-8-16-6-11-20(26-2)12-7-16/h6-7,9-12,14-15H,3-5,8,13H2,1-2H3,(H,23,25)/t15-/m0/s1. The quantitative estimate of drug-likeness (QED) is 0.758. The fourth-order valence-electron chi connectivity index (χ4n) is 3.24. The van der Waals surface area contributed by atoms with Crippen molar-refractivity contribution in [3.05, 3.63) is 59.2 Å². The minimum absolute atomic E-state index is 0.225. The van der Waals surface area contributed by atoms with Gasteiger partial charge in [0.1, 0.15) is 5.75 Å². The van der Waals surface area contributed by atoms with Gasteiger partial charge in [-0.25, -0.2) is 0 Å². The molecule has 2 aromatic carbocycles. The van der Waals surface area contributed by atoms with Crippen LogP contribution in [0.15, 0.2) is 42.5 Å². The maximum atomic E-state index is 12.3. The molecule has 1 aliphatic rings. The molecule has 27 heavy (non-hydrogen) atoms. The normalized spacial score (nSPS) is 13.6. The van der Waals surface area contributed by atoms with Crippen LogP contribution in [0.4, 0.5) is 5.69 Å². The lowest BCUT2D eigenvalue weighted by atomic mass is 10.1. The molecule has 0 spiro atoms. The molecule has 5 nitrogen and oxygen atoms in total. The van der Waals surface area contributed by atoms with Gasteiger partial charge in [-0.1, -0.05) is 18.2 Å². The van der Waals surface area contributed by atoms with Gasteiger partial charge in [-0.2, -0.15) is 0 Å². The van der Waals surface area contributed by atoms with Gasteiger partial charge in [-0.3, -0.25) is 9.59 Å². The number of hydrogen-bond acceptors (Lipinski definition) is 4. The average Bonchev–Trinajstić information content (AvgIpc) is 3.14. The number of fused-ring (bicyclic) bond motifs is 1. The zero-order valence-corrected chi connectivity index (χ0v) is 15.8. The maximum Gasteiger partial charge on any atom is 0.306 e. The summed E-state index contributed by atoms with van der Waals surface area (Å²) in [5.41, 5.74) is 4.41. The fourth-order valence-corrected chi connectivity index (χ4v) is 3.24. The molecule has 1 aliphatic carbocycles. The van der Waals surface area contributed by atoms with Gasteiger partial charge in [0.2, 0.25) is 0 Å². The van der Waals surface area contributed by atoms with E-state index in [9.17, 15) is 9.59 Å². The van der Waals surface area contributed by atoms with Crippen molar-refractivity contribution in [2.24, 2.45) is 0 Å². The molecule has 0 saturated carbocycles. The third-order valence-corrected chi connectivity index (χ3v) is 4.82. The van der Waals surface area contributed by atoms with Gasteiger partial charge in [0.05, 0.1) is 7.11 Å². The highest BCUT2D eigenvalue weighted by atomic mass is 16.5. The Morgan fingerprint density at radius 2 is 1.81 bits per heavy atom. The average molecular weight is 367 g/mol. The largest absolute Gasteiger partial charge is 0.497 e. The molecule has 3 rings (SSSR count). The first kappa shape index (κ1) is 19.0. The number of hydrogen-bond donors (Lipinski definition) is 1. The van der Waals surface area contributed by atoms with Crippen LogP contribution in [0.2, 0.25) is 0 Å². The van der Waals surface area contributed by atoms with Gasteiger partial charge in [0.25, 0.3) is 5.91 Å². The first-order chi connectivity index (χ1) is 13.0. The van der Waals surface area contributed by atoms with E-state index in [0.29, 0.717) is 6.42 Å². The summed E-state index contributed by atoms with van der Waals surface area (Å²) in [5.74, 6) is 0.0753. The van der Waals surface area contributed by atoms with E-state index in [0.717, 1.165) is 36.3 Å². The molecular weight excluding hydrogens is 342 g/mol. The van der Waals surface area contributed by atoms with E-state index in [2.05, 4.69) is 11.4 Å². The highest BCUT2D eigenvalue weighted by Gasteiger charge is 2.19. The third kappa shape index (κ3) is 5.09. The lowest BCUT2D eigenvalue weighted by Gasteiger charge is -2.14. The van der Waals surface area contributed by atoms with E-state index in [-0.39, 0.29) is 18.3 Å². The SMILES string of the molecule is COc1ccc(CCC(=O)O[C@@H](C)C(=O)Nc2ccc3c(c2)CCC3)cc1. The van der Waals surface area contributed by atoms with Crippen molar-refractivity contribution in [2.75, 3.05) is 12.4 Å². The number of ether oxygens (including phenoxy) is 2. The molecule has 0 unspecified atom stereocenters. The summed E-state index contributed by atoms with van der Waals surface area (Å²) in [4.78, 5) is 24.3. The molecule has 0 radical (unpaired) electrons. The molecule has 1 atom stereocenters. The van der Waals surface area contributed by atoms with Gasteiger partial charge in [-0.15, -0.1) is 0 Å². The van der Waals surface area contributed by atoms with E-state index in [4.69, 9.17) is 9.47 Å². The van der Waals surface area contributed by atoms with Crippen molar-refractivity contribution in [3.8, 4) is 5.75 Å². The second-order valence-electron chi connectivity index (χ2n) is 6.81. The van der Waals surface area contributed by atoms with Gasteiger partial charge < -0.3 is 14.8 Å². The first-order valence-electron chi connectivity index (χ1n) is 9.30. The molecule has 5 heteroatoms. The number of methoxy groups -OCH3 is 1. The van der Waals surface area contributed by atoms with E-state index in [1.807, 2.05) is 36.4 Å². The van der Waals surface area contributed by atoms with E-state index in [1.165, 1.54) is 11.1 Å². The van der Waals surface area contributed by atoms with Gasteiger partial charge in [0.15, 0.2) is 6.10 Å². The Morgan fingerprint density at radius 1 is 1.07 bits per heavy atom. The molecule has 142 valence electrons. The van der Waals surface area contributed by atoms with Crippen molar-refractivity contribution in [1.29, 1.82) is 0 Å². The van der Waals surface area contributed by atoms with E-state index < -0.39 is 6.10 Å². The Labute approximate surface area is 159 Å². The summed E-state index contributed by atoms with van der Waals surface area (Å²) in [6.07, 6.45) is 3.27. The number of rotatable bonds is 7. The van der Waals surface area contributed by atoms with Gasteiger partial charge in [0, 0.05) is 12.1 Å². The molecule has 0 aliphatic heterocycles. The van der Waals surface area contributed by atoms with Crippen LogP contribution in [0.3, 0.4) is 0 Å². The number of benzene rings is 2. The van der Waals surface area contributed by atoms with Crippen LogP contribution in [0.1, 0.15) is 36.5 Å². The molecule has 0 aromatic heterocycles. The van der Waals surface area contributed by atoms with Gasteiger partial charge in [-0.05, 0) is 73.6 Å². The Kier molecular flexibility index (Phi) is 6.12. The fraction of sp³-hybridized carbons (Fsp3) is 0.364. The Bertz CT molecular complexity index is 814. The Hall–Kier alpha value is -2.82. The number of carbonyl (C=O) groups is 2. The summed E-state index contributed by atoms with van der Waals surface area (Å²) >= 11 is 0. The number of aryl methyl sites for hydroxylation is 3. The lowest BCUT2D eigenvalue weighted by Crippen LogP contribution is -2.30. The molecule has 0 saturated heterocycles. The molecule has 0 fully saturated rings. The van der Waals surface area contributed by atoms with Crippen LogP contribution in [0.25, 0.3) is 0 Å². The number of anilines is 1. The van der Waals surface area contributed by atoms with Crippen LogP contribution >= 0.6 is 0 Å². The lowest BCUT2D eigenvalue weighted by molar-refractivity contribution is -0.153.